The maximum atomic E-state index is 4.85. The van der Waals surface area contributed by atoms with Gasteiger partial charge in [-0.1, -0.05) is 42.5 Å². The number of nitrogens with zero attached hydrogens (tertiary/aromatic N) is 5. The summed E-state index contributed by atoms with van der Waals surface area (Å²) in [6.45, 7) is 0. The van der Waals surface area contributed by atoms with E-state index in [0.29, 0.717) is 22.9 Å². The summed E-state index contributed by atoms with van der Waals surface area (Å²) in [5.41, 5.74) is 5.67. The van der Waals surface area contributed by atoms with Gasteiger partial charge in [-0.3, -0.25) is 4.90 Å². The molecule has 6 nitrogen and oxygen atoms in total. The highest BCUT2D eigenvalue weighted by molar-refractivity contribution is 5.96. The van der Waals surface area contributed by atoms with Gasteiger partial charge in [0.2, 0.25) is 11.3 Å². The Hall–Kier alpha value is -4.06. The molecule has 0 atom stereocenters. The van der Waals surface area contributed by atoms with Crippen molar-refractivity contribution in [3.05, 3.63) is 78.9 Å². The molecule has 0 spiro atoms. The van der Waals surface area contributed by atoms with Crippen molar-refractivity contribution >= 4 is 51.0 Å². The van der Waals surface area contributed by atoms with Crippen molar-refractivity contribution in [3.63, 3.8) is 0 Å². The Balaban J connectivity index is 1.65. The average Bonchev–Trinajstić information content (AvgIpc) is 2.75. The topological polar surface area (TPSA) is 66.8 Å². The van der Waals surface area contributed by atoms with Crippen molar-refractivity contribution in [2.75, 3.05) is 10.2 Å². The quantitative estimate of drug-likeness (QED) is 0.411. The van der Waals surface area contributed by atoms with Crippen LogP contribution in [0.3, 0.4) is 0 Å². The largest absolute Gasteiger partial charge is 0.335 e. The minimum Gasteiger partial charge on any atom is -0.335 e. The van der Waals surface area contributed by atoms with Crippen molar-refractivity contribution in [1.29, 1.82) is 0 Å². The van der Waals surface area contributed by atoms with Gasteiger partial charge >= 0.3 is 0 Å². The summed E-state index contributed by atoms with van der Waals surface area (Å²) in [7, 11) is 0. The summed E-state index contributed by atoms with van der Waals surface area (Å²) in [6.07, 6.45) is 0. The fourth-order valence-electron chi connectivity index (χ4n) is 3.53. The maximum absolute atomic E-state index is 4.85. The number of aromatic nitrogens is 4. The molecule has 6 rings (SSSR count). The third kappa shape index (κ3) is 2.21. The van der Waals surface area contributed by atoms with Crippen LogP contribution in [0.4, 0.5) is 28.7 Å². The second-order valence-electron chi connectivity index (χ2n) is 6.57. The van der Waals surface area contributed by atoms with E-state index in [9.17, 15) is 0 Å². The second-order valence-corrected chi connectivity index (χ2v) is 6.57. The summed E-state index contributed by atoms with van der Waals surface area (Å²) in [5, 5.41) is 3.40. The van der Waals surface area contributed by atoms with Gasteiger partial charge in [0, 0.05) is 5.69 Å². The Morgan fingerprint density at radius 3 is 2.04 bits per heavy atom. The predicted molar refractivity (Wildman–Crippen MR) is 111 cm³/mol. The van der Waals surface area contributed by atoms with Crippen LogP contribution in [-0.4, -0.2) is 19.9 Å². The molecule has 0 unspecified atom stereocenters. The number of hydrogen-bond donors (Lipinski definition) is 1. The van der Waals surface area contributed by atoms with Gasteiger partial charge in [-0.15, -0.1) is 0 Å². The van der Waals surface area contributed by atoms with Crippen molar-refractivity contribution in [3.8, 4) is 0 Å². The van der Waals surface area contributed by atoms with E-state index >= 15 is 0 Å². The zero-order valence-corrected chi connectivity index (χ0v) is 14.7. The molecule has 0 saturated heterocycles. The molecule has 3 aromatic carbocycles. The van der Waals surface area contributed by atoms with Crippen LogP contribution in [0.15, 0.2) is 78.9 Å². The summed E-state index contributed by atoms with van der Waals surface area (Å²) in [5.74, 6) is 1.38. The van der Waals surface area contributed by atoms with Crippen LogP contribution in [0.5, 0.6) is 0 Å². The third-order valence-electron chi connectivity index (χ3n) is 4.80. The molecule has 132 valence electrons. The molecule has 0 radical (unpaired) electrons. The van der Waals surface area contributed by atoms with Crippen LogP contribution in [0.1, 0.15) is 0 Å². The Bertz CT molecular complexity index is 1350. The fourth-order valence-corrected chi connectivity index (χ4v) is 3.53. The van der Waals surface area contributed by atoms with Crippen molar-refractivity contribution in [2.45, 2.75) is 0 Å². The molecule has 0 aliphatic carbocycles. The first-order valence-electron chi connectivity index (χ1n) is 9.03. The van der Waals surface area contributed by atoms with Crippen molar-refractivity contribution in [2.24, 2.45) is 0 Å². The van der Waals surface area contributed by atoms with Crippen LogP contribution in [0, 0.1) is 0 Å². The predicted octanol–water partition coefficient (Wildman–Crippen LogP) is 5.10. The van der Waals surface area contributed by atoms with Crippen LogP contribution >= 0.6 is 0 Å². The zero-order chi connectivity index (χ0) is 18.5. The van der Waals surface area contributed by atoms with Crippen molar-refractivity contribution in [1.82, 2.24) is 19.9 Å². The minimum atomic E-state index is 0.525. The standard InChI is InChI=1S/C22H14N6/c1-2-8-14(9-3-1)28-18-13-7-6-12-17(18)25-21-22(28)27-20-19(26-21)23-15-10-4-5-11-16(15)24-20/h1-13H,(H,23,25,26). The number of nitrogens with one attached hydrogen (secondary N) is 1. The molecule has 1 aliphatic heterocycles. The van der Waals surface area contributed by atoms with Crippen LogP contribution in [-0.2, 0) is 0 Å². The van der Waals surface area contributed by atoms with Gasteiger partial charge in [0.25, 0.3) is 0 Å². The first-order valence-corrected chi connectivity index (χ1v) is 9.03. The molecule has 5 aromatic rings. The van der Waals surface area contributed by atoms with Gasteiger partial charge in [0.05, 0.1) is 22.4 Å². The van der Waals surface area contributed by atoms with Crippen LogP contribution in [0.25, 0.3) is 22.3 Å². The average molecular weight is 362 g/mol. The lowest BCUT2D eigenvalue weighted by Gasteiger charge is -2.32. The molecule has 6 heteroatoms. The summed E-state index contributed by atoms with van der Waals surface area (Å²) < 4.78 is 0. The van der Waals surface area contributed by atoms with Gasteiger partial charge in [-0.05, 0) is 36.4 Å². The highest BCUT2D eigenvalue weighted by Crippen LogP contribution is 2.46. The van der Waals surface area contributed by atoms with Gasteiger partial charge in [0.1, 0.15) is 0 Å². The van der Waals surface area contributed by atoms with Gasteiger partial charge in [-0.2, -0.15) is 0 Å². The SMILES string of the molecule is c1ccc(N2c3ccccc3Nc3nc4nc5ccccc5nc4nc32)cc1. The fraction of sp³-hybridized carbons (Fsp3) is 0. The first kappa shape index (κ1) is 15.0. The molecule has 3 heterocycles. The van der Waals surface area contributed by atoms with E-state index in [-0.39, 0.29) is 0 Å². The molecule has 0 fully saturated rings. The minimum absolute atomic E-state index is 0.525. The lowest BCUT2D eigenvalue weighted by molar-refractivity contribution is 1.12. The van der Waals surface area contributed by atoms with E-state index in [0.717, 1.165) is 28.1 Å². The number of benzene rings is 3. The van der Waals surface area contributed by atoms with Gasteiger partial charge < -0.3 is 5.32 Å². The van der Waals surface area contributed by atoms with Crippen molar-refractivity contribution < 1.29 is 0 Å². The zero-order valence-electron chi connectivity index (χ0n) is 14.7. The lowest BCUT2D eigenvalue weighted by atomic mass is 10.1. The summed E-state index contributed by atoms with van der Waals surface area (Å²) in [4.78, 5) is 21.0. The highest BCUT2D eigenvalue weighted by atomic mass is 15.3. The summed E-state index contributed by atoms with van der Waals surface area (Å²) in [6, 6.07) is 26.0. The molecule has 1 N–H and O–H groups in total. The summed E-state index contributed by atoms with van der Waals surface area (Å²) >= 11 is 0. The molecule has 28 heavy (non-hydrogen) atoms. The highest BCUT2D eigenvalue weighted by Gasteiger charge is 2.27. The smallest absolute Gasteiger partial charge is 0.200 e. The number of rotatable bonds is 1. The molecule has 2 aromatic heterocycles. The van der Waals surface area contributed by atoms with E-state index in [1.807, 2.05) is 60.7 Å². The number of hydrogen-bond acceptors (Lipinski definition) is 6. The normalized spacial score (nSPS) is 12.5. The Kier molecular flexibility index (Phi) is 3.07. The molecular formula is C22H14N6. The third-order valence-corrected chi connectivity index (χ3v) is 4.80. The van der Waals surface area contributed by atoms with Crippen LogP contribution < -0.4 is 10.2 Å². The number of para-hydroxylation sites is 5. The van der Waals surface area contributed by atoms with E-state index in [4.69, 9.17) is 9.97 Å². The molecule has 0 amide bonds. The van der Waals surface area contributed by atoms with E-state index < -0.39 is 0 Å². The van der Waals surface area contributed by atoms with E-state index in [2.05, 4.69) is 38.4 Å². The Morgan fingerprint density at radius 1 is 0.607 bits per heavy atom. The molecule has 0 saturated carbocycles. The monoisotopic (exact) mass is 362 g/mol. The van der Waals surface area contributed by atoms with E-state index in [1.54, 1.807) is 0 Å². The van der Waals surface area contributed by atoms with Crippen LogP contribution in [0.2, 0.25) is 0 Å². The lowest BCUT2D eigenvalue weighted by Crippen LogP contribution is -2.20. The van der Waals surface area contributed by atoms with E-state index in [1.165, 1.54) is 0 Å². The number of fused-ring (bicyclic) bond motifs is 4. The molecule has 1 aliphatic rings. The second kappa shape index (κ2) is 5.72. The molecule has 0 bridgehead atoms. The maximum Gasteiger partial charge on any atom is 0.200 e. The Morgan fingerprint density at radius 2 is 1.25 bits per heavy atom. The number of anilines is 5. The first-order chi connectivity index (χ1) is 13.9. The van der Waals surface area contributed by atoms with Gasteiger partial charge in [-0.25, -0.2) is 19.9 Å². The Labute approximate surface area is 160 Å². The van der Waals surface area contributed by atoms with Gasteiger partial charge in [0.15, 0.2) is 11.6 Å². The molecular weight excluding hydrogens is 348 g/mol.